The maximum Gasteiger partial charge on any atom is 0.140 e. The van der Waals surface area contributed by atoms with Crippen LogP contribution >= 0.6 is 15.9 Å². The third-order valence-corrected chi connectivity index (χ3v) is 3.67. The Bertz CT molecular complexity index is 321. The number of hydrogen-bond donors (Lipinski definition) is 1. The number of halogens is 1. The van der Waals surface area contributed by atoms with E-state index in [0.717, 1.165) is 16.8 Å². The zero-order chi connectivity index (χ0) is 11.5. The fraction of sp³-hybridized carbons (Fsp3) is 0.583. The van der Waals surface area contributed by atoms with Gasteiger partial charge in [0.25, 0.3) is 0 Å². The summed E-state index contributed by atoms with van der Waals surface area (Å²) in [7, 11) is 0. The highest BCUT2D eigenvalue weighted by Gasteiger charge is 2.22. The van der Waals surface area contributed by atoms with Crippen molar-refractivity contribution in [1.29, 1.82) is 0 Å². The van der Waals surface area contributed by atoms with Crippen molar-refractivity contribution in [3.05, 3.63) is 22.8 Å². The van der Waals surface area contributed by atoms with Crippen LogP contribution in [0.4, 0.5) is 5.82 Å². The Labute approximate surface area is 101 Å². The Morgan fingerprint density at radius 3 is 2.67 bits per heavy atom. The van der Waals surface area contributed by atoms with Crippen molar-refractivity contribution in [2.45, 2.75) is 27.7 Å². The van der Waals surface area contributed by atoms with Gasteiger partial charge in [-0.15, -0.1) is 0 Å². The van der Waals surface area contributed by atoms with Crippen molar-refractivity contribution >= 4 is 21.7 Å². The minimum Gasteiger partial charge on any atom is -0.369 e. The first kappa shape index (κ1) is 12.5. The molecule has 84 valence electrons. The van der Waals surface area contributed by atoms with E-state index >= 15 is 0 Å². The second kappa shape index (κ2) is 4.97. The van der Waals surface area contributed by atoms with Crippen LogP contribution < -0.4 is 5.32 Å². The van der Waals surface area contributed by atoms with Crippen LogP contribution in [-0.2, 0) is 0 Å². The van der Waals surface area contributed by atoms with E-state index in [4.69, 9.17) is 0 Å². The number of aromatic nitrogens is 1. The second-order valence-corrected chi connectivity index (χ2v) is 5.69. The van der Waals surface area contributed by atoms with Crippen LogP contribution in [0.5, 0.6) is 0 Å². The summed E-state index contributed by atoms with van der Waals surface area (Å²) < 4.78 is 1.02. The molecule has 0 fully saturated rings. The SMILES string of the molecule is CC(C)C(C)(C)CNc1ncccc1Br. The van der Waals surface area contributed by atoms with Gasteiger partial charge in [-0.2, -0.15) is 0 Å². The summed E-state index contributed by atoms with van der Waals surface area (Å²) in [5.74, 6) is 1.57. The largest absolute Gasteiger partial charge is 0.369 e. The highest BCUT2D eigenvalue weighted by molar-refractivity contribution is 9.10. The fourth-order valence-electron chi connectivity index (χ4n) is 1.03. The van der Waals surface area contributed by atoms with Crippen LogP contribution in [0.1, 0.15) is 27.7 Å². The molecule has 15 heavy (non-hydrogen) atoms. The van der Waals surface area contributed by atoms with Crippen LogP contribution in [0, 0.1) is 11.3 Å². The maximum absolute atomic E-state index is 4.28. The van der Waals surface area contributed by atoms with Gasteiger partial charge in [0.05, 0.1) is 4.47 Å². The first-order valence-electron chi connectivity index (χ1n) is 5.28. The van der Waals surface area contributed by atoms with Gasteiger partial charge in [0, 0.05) is 12.7 Å². The Morgan fingerprint density at radius 2 is 2.13 bits per heavy atom. The normalized spacial score (nSPS) is 11.9. The summed E-state index contributed by atoms with van der Waals surface area (Å²) in [6.45, 7) is 9.95. The van der Waals surface area contributed by atoms with Crippen LogP contribution in [0.15, 0.2) is 22.8 Å². The van der Waals surface area contributed by atoms with E-state index in [0.29, 0.717) is 5.92 Å². The molecule has 0 saturated carbocycles. The molecule has 0 saturated heterocycles. The number of nitrogens with one attached hydrogen (secondary N) is 1. The molecule has 0 spiro atoms. The van der Waals surface area contributed by atoms with Crippen LogP contribution in [0.2, 0.25) is 0 Å². The summed E-state index contributed by atoms with van der Waals surface area (Å²) in [4.78, 5) is 4.28. The van der Waals surface area contributed by atoms with E-state index in [-0.39, 0.29) is 5.41 Å². The summed E-state index contributed by atoms with van der Waals surface area (Å²) in [6.07, 6.45) is 1.80. The lowest BCUT2D eigenvalue weighted by Gasteiger charge is -2.29. The van der Waals surface area contributed by atoms with Gasteiger partial charge in [-0.25, -0.2) is 4.98 Å². The molecular formula is C12H19BrN2. The molecule has 0 bridgehead atoms. The maximum atomic E-state index is 4.28. The fourth-order valence-corrected chi connectivity index (χ4v) is 1.43. The summed E-state index contributed by atoms with van der Waals surface area (Å²) >= 11 is 3.48. The smallest absolute Gasteiger partial charge is 0.140 e. The highest BCUT2D eigenvalue weighted by Crippen LogP contribution is 2.27. The molecule has 1 N–H and O–H groups in total. The van der Waals surface area contributed by atoms with Crippen LogP contribution in [0.3, 0.4) is 0 Å². The molecule has 2 nitrogen and oxygen atoms in total. The van der Waals surface area contributed by atoms with Crippen molar-refractivity contribution in [2.75, 3.05) is 11.9 Å². The Balaban J connectivity index is 2.62. The third-order valence-electron chi connectivity index (χ3n) is 3.03. The number of nitrogens with zero attached hydrogens (tertiary/aromatic N) is 1. The lowest BCUT2D eigenvalue weighted by atomic mass is 9.81. The van der Waals surface area contributed by atoms with Crippen LogP contribution in [0.25, 0.3) is 0 Å². The van der Waals surface area contributed by atoms with E-state index in [9.17, 15) is 0 Å². The minimum atomic E-state index is 0.275. The first-order chi connectivity index (χ1) is 6.93. The molecule has 3 heteroatoms. The Morgan fingerprint density at radius 1 is 1.47 bits per heavy atom. The molecular weight excluding hydrogens is 252 g/mol. The first-order valence-corrected chi connectivity index (χ1v) is 6.07. The predicted molar refractivity (Wildman–Crippen MR) is 69.0 cm³/mol. The highest BCUT2D eigenvalue weighted by atomic mass is 79.9. The molecule has 0 aliphatic rings. The van der Waals surface area contributed by atoms with E-state index < -0.39 is 0 Å². The molecule has 0 aromatic carbocycles. The third kappa shape index (κ3) is 3.49. The van der Waals surface area contributed by atoms with Crippen molar-refractivity contribution < 1.29 is 0 Å². The van der Waals surface area contributed by atoms with Crippen LogP contribution in [-0.4, -0.2) is 11.5 Å². The van der Waals surface area contributed by atoms with Gasteiger partial charge in [-0.3, -0.25) is 0 Å². The van der Waals surface area contributed by atoms with E-state index in [1.807, 2.05) is 12.1 Å². The van der Waals surface area contributed by atoms with Crippen molar-refractivity contribution in [1.82, 2.24) is 4.98 Å². The summed E-state index contributed by atoms with van der Waals surface area (Å²) in [6, 6.07) is 3.92. The number of pyridine rings is 1. The number of anilines is 1. The molecule has 0 aliphatic heterocycles. The predicted octanol–water partition coefficient (Wildman–Crippen LogP) is 3.94. The van der Waals surface area contributed by atoms with Gasteiger partial charge in [-0.1, -0.05) is 27.7 Å². The molecule has 0 amide bonds. The quantitative estimate of drug-likeness (QED) is 0.897. The average molecular weight is 271 g/mol. The monoisotopic (exact) mass is 270 g/mol. The molecule has 0 aliphatic carbocycles. The molecule has 1 heterocycles. The number of rotatable bonds is 4. The summed E-state index contributed by atoms with van der Waals surface area (Å²) in [5.41, 5.74) is 0.275. The molecule has 1 aromatic rings. The molecule has 1 rings (SSSR count). The molecule has 1 aromatic heterocycles. The Hall–Kier alpha value is -0.570. The van der Waals surface area contributed by atoms with Gasteiger partial charge in [0.15, 0.2) is 0 Å². The molecule has 0 radical (unpaired) electrons. The molecule has 0 unspecified atom stereocenters. The lowest BCUT2D eigenvalue weighted by Crippen LogP contribution is -2.28. The van der Waals surface area contributed by atoms with E-state index in [1.54, 1.807) is 6.20 Å². The van der Waals surface area contributed by atoms with Gasteiger partial charge >= 0.3 is 0 Å². The lowest BCUT2D eigenvalue weighted by molar-refractivity contribution is 0.269. The standard InChI is InChI=1S/C12H19BrN2/c1-9(2)12(3,4)8-15-11-10(13)6-5-7-14-11/h5-7,9H,8H2,1-4H3,(H,14,15). The average Bonchev–Trinajstić information content (AvgIpc) is 2.16. The minimum absolute atomic E-state index is 0.275. The van der Waals surface area contributed by atoms with Gasteiger partial charge < -0.3 is 5.32 Å². The van der Waals surface area contributed by atoms with E-state index in [2.05, 4.69) is 53.9 Å². The zero-order valence-corrected chi connectivity index (χ0v) is 11.4. The second-order valence-electron chi connectivity index (χ2n) is 4.83. The van der Waals surface area contributed by atoms with Gasteiger partial charge in [0.1, 0.15) is 5.82 Å². The zero-order valence-electron chi connectivity index (χ0n) is 9.84. The van der Waals surface area contributed by atoms with Crippen molar-refractivity contribution in [3.63, 3.8) is 0 Å². The summed E-state index contributed by atoms with van der Waals surface area (Å²) in [5, 5.41) is 3.38. The van der Waals surface area contributed by atoms with E-state index in [1.165, 1.54) is 0 Å². The van der Waals surface area contributed by atoms with Gasteiger partial charge in [0.2, 0.25) is 0 Å². The van der Waals surface area contributed by atoms with Crippen molar-refractivity contribution in [3.8, 4) is 0 Å². The van der Waals surface area contributed by atoms with Gasteiger partial charge in [-0.05, 0) is 39.4 Å². The number of hydrogen-bond acceptors (Lipinski definition) is 2. The Kier molecular flexibility index (Phi) is 4.14. The topological polar surface area (TPSA) is 24.9 Å². The molecule has 0 atom stereocenters. The van der Waals surface area contributed by atoms with Crippen molar-refractivity contribution in [2.24, 2.45) is 11.3 Å².